The molecule has 2 aromatic carbocycles. The summed E-state index contributed by atoms with van der Waals surface area (Å²) in [7, 11) is 1.54. The maximum absolute atomic E-state index is 12.5. The van der Waals surface area contributed by atoms with Crippen molar-refractivity contribution in [1.82, 2.24) is 15.5 Å². The van der Waals surface area contributed by atoms with Crippen molar-refractivity contribution in [2.24, 2.45) is 0 Å². The van der Waals surface area contributed by atoms with Crippen LogP contribution < -0.4 is 15.4 Å². The Hall–Kier alpha value is -3.35. The fraction of sp³-hybridized carbons (Fsp3) is 0.211. The summed E-state index contributed by atoms with van der Waals surface area (Å²) in [6.45, 7) is 3.55. The minimum atomic E-state index is -0.746. The number of ether oxygens (including phenoxy) is 1. The predicted octanol–water partition coefficient (Wildman–Crippen LogP) is 2.64. The summed E-state index contributed by atoms with van der Waals surface area (Å²) in [5, 5.41) is 13.0. The number of amides is 2. The van der Waals surface area contributed by atoms with Crippen molar-refractivity contribution in [2.45, 2.75) is 19.9 Å². The van der Waals surface area contributed by atoms with Gasteiger partial charge in [-0.1, -0.05) is 24.3 Å². The number of nitrogens with one attached hydrogen (secondary N) is 3. The summed E-state index contributed by atoms with van der Waals surface area (Å²) >= 11 is 0. The summed E-state index contributed by atoms with van der Waals surface area (Å²) in [4.78, 5) is 24.9. The molecule has 0 radical (unpaired) electrons. The van der Waals surface area contributed by atoms with Gasteiger partial charge in [-0.15, -0.1) is 0 Å². The number of para-hydroxylation sites is 1. The van der Waals surface area contributed by atoms with Crippen LogP contribution in [0.5, 0.6) is 5.75 Å². The first kappa shape index (κ1) is 17.5. The summed E-state index contributed by atoms with van der Waals surface area (Å²) in [5.41, 5.74) is 2.59. The molecule has 0 saturated carbocycles. The number of anilines is 1. The number of nitrogens with zero attached hydrogens (tertiary/aromatic N) is 1. The van der Waals surface area contributed by atoms with Gasteiger partial charge in [0.2, 0.25) is 5.91 Å². The van der Waals surface area contributed by atoms with E-state index in [1.165, 1.54) is 7.11 Å². The Bertz CT molecular complexity index is 964. The normalized spacial score (nSPS) is 11.8. The molecule has 3 rings (SSSR count). The molecule has 0 aliphatic rings. The van der Waals surface area contributed by atoms with E-state index in [2.05, 4.69) is 20.8 Å². The molecule has 1 heterocycles. The van der Waals surface area contributed by atoms with Gasteiger partial charge in [0, 0.05) is 5.39 Å². The van der Waals surface area contributed by atoms with E-state index >= 15 is 0 Å². The molecule has 0 saturated heterocycles. The lowest BCUT2D eigenvalue weighted by Gasteiger charge is -2.15. The van der Waals surface area contributed by atoms with Crippen LogP contribution >= 0.6 is 0 Å². The lowest BCUT2D eigenvalue weighted by atomic mass is 10.2. The molecule has 26 heavy (non-hydrogen) atoms. The van der Waals surface area contributed by atoms with Crippen LogP contribution in [0.15, 0.2) is 42.5 Å². The first-order valence-corrected chi connectivity index (χ1v) is 8.19. The number of aromatic nitrogens is 2. The molecule has 1 atom stereocenters. The number of fused-ring (bicyclic) bond motifs is 1. The Morgan fingerprint density at radius 1 is 1.19 bits per heavy atom. The molecule has 0 aliphatic heterocycles. The second kappa shape index (κ2) is 7.26. The lowest BCUT2D eigenvalue weighted by Crippen LogP contribution is -2.41. The van der Waals surface area contributed by atoms with Crippen LogP contribution in [0.25, 0.3) is 10.9 Å². The van der Waals surface area contributed by atoms with E-state index in [0.29, 0.717) is 16.8 Å². The van der Waals surface area contributed by atoms with Gasteiger partial charge in [0.1, 0.15) is 11.8 Å². The number of aromatic amines is 1. The highest BCUT2D eigenvalue weighted by molar-refractivity contribution is 6.07. The van der Waals surface area contributed by atoms with Crippen LogP contribution in [0.4, 0.5) is 5.69 Å². The number of H-pyrrole nitrogens is 1. The summed E-state index contributed by atoms with van der Waals surface area (Å²) in [5.74, 6) is -0.198. The van der Waals surface area contributed by atoms with E-state index in [9.17, 15) is 9.59 Å². The molecule has 0 fully saturated rings. The first-order valence-electron chi connectivity index (χ1n) is 8.19. The van der Waals surface area contributed by atoms with Gasteiger partial charge >= 0.3 is 0 Å². The first-order chi connectivity index (χ1) is 12.5. The third-order valence-corrected chi connectivity index (χ3v) is 4.04. The maximum atomic E-state index is 12.5. The molecule has 134 valence electrons. The fourth-order valence-electron chi connectivity index (χ4n) is 2.61. The van der Waals surface area contributed by atoms with E-state index in [1.807, 2.05) is 37.3 Å². The quantitative estimate of drug-likeness (QED) is 0.658. The average Bonchev–Trinajstić information content (AvgIpc) is 3.07. The van der Waals surface area contributed by atoms with E-state index in [-0.39, 0.29) is 11.6 Å². The van der Waals surface area contributed by atoms with Gasteiger partial charge in [0.15, 0.2) is 5.69 Å². The minimum absolute atomic E-state index is 0.258. The van der Waals surface area contributed by atoms with Crippen LogP contribution in [0.1, 0.15) is 23.0 Å². The highest BCUT2D eigenvalue weighted by Gasteiger charge is 2.21. The SMILES string of the molecule is COc1cc(C)ccc1NC(=O)C(C)NC(=O)c1n[nH]c2ccccc12. The molecule has 0 bridgehead atoms. The van der Waals surface area contributed by atoms with Gasteiger partial charge in [-0.05, 0) is 37.6 Å². The van der Waals surface area contributed by atoms with Crippen LogP contribution in [0, 0.1) is 6.92 Å². The average molecular weight is 352 g/mol. The van der Waals surface area contributed by atoms with Crippen molar-refractivity contribution in [1.29, 1.82) is 0 Å². The van der Waals surface area contributed by atoms with Crippen molar-refractivity contribution >= 4 is 28.4 Å². The smallest absolute Gasteiger partial charge is 0.273 e. The number of aryl methyl sites for hydroxylation is 1. The Morgan fingerprint density at radius 3 is 2.73 bits per heavy atom. The summed E-state index contributed by atoms with van der Waals surface area (Å²) in [6.07, 6.45) is 0. The second-order valence-corrected chi connectivity index (χ2v) is 6.01. The molecular weight excluding hydrogens is 332 g/mol. The number of hydrogen-bond acceptors (Lipinski definition) is 4. The van der Waals surface area contributed by atoms with E-state index in [1.54, 1.807) is 19.1 Å². The maximum Gasteiger partial charge on any atom is 0.273 e. The van der Waals surface area contributed by atoms with Crippen LogP contribution in [0.3, 0.4) is 0 Å². The summed E-state index contributed by atoms with van der Waals surface area (Å²) < 4.78 is 5.28. The molecule has 7 heteroatoms. The third kappa shape index (κ3) is 3.51. The van der Waals surface area contributed by atoms with Crippen molar-refractivity contribution in [3.63, 3.8) is 0 Å². The number of methoxy groups -OCH3 is 1. The molecular formula is C19H20N4O3. The number of rotatable bonds is 5. The molecule has 3 N–H and O–H groups in total. The van der Waals surface area contributed by atoms with Crippen LogP contribution in [-0.2, 0) is 4.79 Å². The van der Waals surface area contributed by atoms with E-state index < -0.39 is 11.9 Å². The number of benzene rings is 2. The van der Waals surface area contributed by atoms with Crippen molar-refractivity contribution < 1.29 is 14.3 Å². The topological polar surface area (TPSA) is 96.1 Å². The lowest BCUT2D eigenvalue weighted by molar-refractivity contribution is -0.117. The van der Waals surface area contributed by atoms with Crippen LogP contribution in [0.2, 0.25) is 0 Å². The van der Waals surface area contributed by atoms with Gasteiger partial charge in [0.05, 0.1) is 18.3 Å². The Balaban J connectivity index is 1.70. The third-order valence-electron chi connectivity index (χ3n) is 4.04. The molecule has 0 spiro atoms. The van der Waals surface area contributed by atoms with E-state index in [0.717, 1.165) is 11.1 Å². The minimum Gasteiger partial charge on any atom is -0.495 e. The molecule has 1 aromatic heterocycles. The van der Waals surface area contributed by atoms with Gasteiger partial charge < -0.3 is 15.4 Å². The molecule has 1 unspecified atom stereocenters. The molecule has 3 aromatic rings. The monoisotopic (exact) mass is 352 g/mol. The molecule has 7 nitrogen and oxygen atoms in total. The zero-order valence-corrected chi connectivity index (χ0v) is 14.8. The van der Waals surface area contributed by atoms with Gasteiger partial charge in [0.25, 0.3) is 5.91 Å². The van der Waals surface area contributed by atoms with Gasteiger partial charge in [-0.3, -0.25) is 14.7 Å². The molecule has 0 aliphatic carbocycles. The van der Waals surface area contributed by atoms with Gasteiger partial charge in [-0.2, -0.15) is 5.10 Å². The van der Waals surface area contributed by atoms with Crippen molar-refractivity contribution in [2.75, 3.05) is 12.4 Å². The van der Waals surface area contributed by atoms with Gasteiger partial charge in [-0.25, -0.2) is 0 Å². The zero-order chi connectivity index (χ0) is 18.7. The largest absolute Gasteiger partial charge is 0.495 e. The summed E-state index contributed by atoms with van der Waals surface area (Å²) in [6, 6.07) is 12.0. The van der Waals surface area contributed by atoms with Crippen LogP contribution in [-0.4, -0.2) is 35.2 Å². The fourth-order valence-corrected chi connectivity index (χ4v) is 2.61. The predicted molar refractivity (Wildman–Crippen MR) is 99.4 cm³/mol. The Kier molecular flexibility index (Phi) is 4.88. The Morgan fingerprint density at radius 2 is 1.96 bits per heavy atom. The number of hydrogen-bond donors (Lipinski definition) is 3. The highest BCUT2D eigenvalue weighted by Crippen LogP contribution is 2.25. The highest BCUT2D eigenvalue weighted by atomic mass is 16.5. The Labute approximate surface area is 150 Å². The second-order valence-electron chi connectivity index (χ2n) is 6.01. The van der Waals surface area contributed by atoms with E-state index in [4.69, 9.17) is 4.74 Å². The molecule has 2 amide bonds. The van der Waals surface area contributed by atoms with Crippen molar-refractivity contribution in [3.05, 3.63) is 53.7 Å². The number of carbonyl (C=O) groups is 2. The van der Waals surface area contributed by atoms with Crippen molar-refractivity contribution in [3.8, 4) is 5.75 Å². The standard InChI is InChI=1S/C19H20N4O3/c1-11-8-9-15(16(10-11)26-3)21-18(24)12(2)20-19(25)17-13-6-4-5-7-14(13)22-23-17/h4-10,12H,1-3H3,(H,20,25)(H,21,24)(H,22,23). The zero-order valence-electron chi connectivity index (χ0n) is 14.8. The number of carbonyl (C=O) groups excluding carboxylic acids is 2.